The number of benzene rings is 1. The first-order chi connectivity index (χ1) is 11.5. The van der Waals surface area contributed by atoms with Crippen LogP contribution < -0.4 is 16.0 Å². The average molecular weight is 325 g/mol. The highest BCUT2D eigenvalue weighted by Gasteiger charge is 2.11. The van der Waals surface area contributed by atoms with Crippen molar-refractivity contribution in [3.05, 3.63) is 47.0 Å². The quantitative estimate of drug-likeness (QED) is 0.732. The summed E-state index contributed by atoms with van der Waals surface area (Å²) in [7, 11) is 1.77. The van der Waals surface area contributed by atoms with E-state index in [2.05, 4.69) is 18.8 Å². The standard InChI is InChI=1S/C19H23N3O2/c1-12(2)8-13(20)11-24-14-4-5-16-15-6-7-21-10-17(15)19(23)22(3)18(16)9-14/h4-7,9-10,12-13H,8,11,20H2,1-3H3/t13-/m0/s1. The number of nitrogens with two attached hydrogens (primary N) is 1. The predicted octanol–water partition coefficient (Wildman–Crippen LogP) is 2.84. The van der Waals surface area contributed by atoms with Crippen LogP contribution >= 0.6 is 0 Å². The molecule has 2 aromatic heterocycles. The second-order valence-electron chi connectivity index (χ2n) is 6.67. The van der Waals surface area contributed by atoms with Gasteiger partial charge >= 0.3 is 0 Å². The molecule has 0 spiro atoms. The van der Waals surface area contributed by atoms with Gasteiger partial charge in [0.1, 0.15) is 12.4 Å². The first-order valence-electron chi connectivity index (χ1n) is 8.22. The van der Waals surface area contributed by atoms with E-state index in [9.17, 15) is 4.79 Å². The summed E-state index contributed by atoms with van der Waals surface area (Å²) in [6, 6.07) is 7.69. The molecule has 3 rings (SSSR count). The van der Waals surface area contributed by atoms with Crippen LogP contribution in [0, 0.1) is 5.92 Å². The maximum absolute atomic E-state index is 12.5. The van der Waals surface area contributed by atoms with E-state index >= 15 is 0 Å². The van der Waals surface area contributed by atoms with E-state index in [1.54, 1.807) is 24.0 Å². The number of hydrogen-bond acceptors (Lipinski definition) is 4. The Hall–Kier alpha value is -2.40. The van der Waals surface area contributed by atoms with Gasteiger partial charge in [-0.3, -0.25) is 9.78 Å². The summed E-state index contributed by atoms with van der Waals surface area (Å²) in [5.41, 5.74) is 6.86. The fourth-order valence-corrected chi connectivity index (χ4v) is 3.07. The van der Waals surface area contributed by atoms with Gasteiger partial charge in [-0.05, 0) is 35.9 Å². The van der Waals surface area contributed by atoms with Crippen molar-refractivity contribution in [2.75, 3.05) is 6.61 Å². The van der Waals surface area contributed by atoms with Gasteiger partial charge in [-0.15, -0.1) is 0 Å². The van der Waals surface area contributed by atoms with Gasteiger partial charge in [0.15, 0.2) is 0 Å². The van der Waals surface area contributed by atoms with Gasteiger partial charge in [0.2, 0.25) is 0 Å². The van der Waals surface area contributed by atoms with Crippen LogP contribution in [-0.4, -0.2) is 22.2 Å². The number of hydrogen-bond donors (Lipinski definition) is 1. The van der Waals surface area contributed by atoms with Crippen LogP contribution in [0.5, 0.6) is 5.75 Å². The minimum atomic E-state index is -0.0562. The highest BCUT2D eigenvalue weighted by atomic mass is 16.5. The molecule has 0 bridgehead atoms. The smallest absolute Gasteiger partial charge is 0.260 e. The van der Waals surface area contributed by atoms with Gasteiger partial charge in [0.25, 0.3) is 5.56 Å². The molecular weight excluding hydrogens is 302 g/mol. The van der Waals surface area contributed by atoms with E-state index in [1.165, 1.54) is 0 Å². The number of ether oxygens (including phenoxy) is 1. The number of pyridine rings is 2. The van der Waals surface area contributed by atoms with Crippen molar-refractivity contribution < 1.29 is 4.74 Å². The Morgan fingerprint density at radius 3 is 2.75 bits per heavy atom. The molecule has 1 atom stereocenters. The maximum atomic E-state index is 12.5. The van der Waals surface area contributed by atoms with E-state index in [-0.39, 0.29) is 11.6 Å². The monoisotopic (exact) mass is 325 g/mol. The first-order valence-corrected chi connectivity index (χ1v) is 8.22. The molecule has 0 unspecified atom stereocenters. The van der Waals surface area contributed by atoms with Gasteiger partial charge in [-0.25, -0.2) is 0 Å². The van der Waals surface area contributed by atoms with Gasteiger partial charge in [0, 0.05) is 36.9 Å². The molecule has 3 aromatic rings. The molecule has 0 saturated heterocycles. The van der Waals surface area contributed by atoms with E-state index in [0.29, 0.717) is 17.9 Å². The van der Waals surface area contributed by atoms with Crippen molar-refractivity contribution in [2.45, 2.75) is 26.3 Å². The van der Waals surface area contributed by atoms with Gasteiger partial charge in [0.05, 0.1) is 10.9 Å². The largest absolute Gasteiger partial charge is 0.492 e. The molecule has 2 N–H and O–H groups in total. The van der Waals surface area contributed by atoms with Crippen molar-refractivity contribution >= 4 is 21.7 Å². The number of aryl methyl sites for hydroxylation is 1. The summed E-state index contributed by atoms with van der Waals surface area (Å²) in [6.45, 7) is 4.76. The molecular formula is C19H23N3O2. The minimum absolute atomic E-state index is 0.00666. The van der Waals surface area contributed by atoms with Crippen LogP contribution in [0.4, 0.5) is 0 Å². The van der Waals surface area contributed by atoms with E-state index in [0.717, 1.165) is 28.5 Å². The Morgan fingerprint density at radius 1 is 1.21 bits per heavy atom. The van der Waals surface area contributed by atoms with Crippen molar-refractivity contribution in [1.29, 1.82) is 0 Å². The summed E-state index contributed by atoms with van der Waals surface area (Å²) >= 11 is 0. The third-order valence-electron chi connectivity index (χ3n) is 4.22. The molecule has 5 nitrogen and oxygen atoms in total. The summed E-state index contributed by atoms with van der Waals surface area (Å²) in [5, 5.41) is 2.54. The zero-order chi connectivity index (χ0) is 17.3. The van der Waals surface area contributed by atoms with Crippen LogP contribution in [0.3, 0.4) is 0 Å². The van der Waals surface area contributed by atoms with Crippen molar-refractivity contribution in [1.82, 2.24) is 9.55 Å². The van der Waals surface area contributed by atoms with Crippen LogP contribution in [0.25, 0.3) is 21.7 Å². The molecule has 0 amide bonds. The molecule has 0 saturated carbocycles. The molecule has 0 aliphatic heterocycles. The van der Waals surface area contributed by atoms with Crippen LogP contribution in [0.2, 0.25) is 0 Å². The summed E-state index contributed by atoms with van der Waals surface area (Å²) in [4.78, 5) is 16.6. The topological polar surface area (TPSA) is 70.1 Å². The number of rotatable bonds is 5. The molecule has 0 aliphatic rings. The lowest BCUT2D eigenvalue weighted by Crippen LogP contribution is -2.29. The first kappa shape index (κ1) is 16.5. The number of nitrogens with zero attached hydrogens (tertiary/aromatic N) is 2. The average Bonchev–Trinajstić information content (AvgIpc) is 2.57. The highest BCUT2D eigenvalue weighted by molar-refractivity contribution is 6.05. The fraction of sp³-hybridized carbons (Fsp3) is 0.368. The van der Waals surface area contributed by atoms with E-state index in [1.807, 2.05) is 24.3 Å². The second-order valence-corrected chi connectivity index (χ2v) is 6.67. The van der Waals surface area contributed by atoms with Gasteiger partial charge in [-0.2, -0.15) is 0 Å². The predicted molar refractivity (Wildman–Crippen MR) is 97.4 cm³/mol. The fourth-order valence-electron chi connectivity index (χ4n) is 3.07. The molecule has 5 heteroatoms. The molecule has 2 heterocycles. The highest BCUT2D eigenvalue weighted by Crippen LogP contribution is 2.25. The lowest BCUT2D eigenvalue weighted by Gasteiger charge is -2.16. The third kappa shape index (κ3) is 3.12. The van der Waals surface area contributed by atoms with E-state index < -0.39 is 0 Å². The lowest BCUT2D eigenvalue weighted by atomic mass is 10.1. The molecule has 126 valence electrons. The molecule has 1 aromatic carbocycles. The third-order valence-corrected chi connectivity index (χ3v) is 4.22. The zero-order valence-electron chi connectivity index (χ0n) is 14.3. The summed E-state index contributed by atoms with van der Waals surface area (Å²) < 4.78 is 7.47. The van der Waals surface area contributed by atoms with Crippen LogP contribution in [0.15, 0.2) is 41.5 Å². The Bertz CT molecular complexity index is 931. The molecule has 0 radical (unpaired) electrons. The van der Waals surface area contributed by atoms with Crippen LogP contribution in [-0.2, 0) is 7.05 Å². The van der Waals surface area contributed by atoms with Crippen molar-refractivity contribution in [3.63, 3.8) is 0 Å². The Balaban J connectivity index is 1.98. The minimum Gasteiger partial charge on any atom is -0.492 e. The maximum Gasteiger partial charge on any atom is 0.260 e. The van der Waals surface area contributed by atoms with Crippen LogP contribution in [0.1, 0.15) is 20.3 Å². The summed E-state index contributed by atoms with van der Waals surface area (Å²) in [6.07, 6.45) is 4.24. The Labute approximate surface area is 141 Å². The van der Waals surface area contributed by atoms with Gasteiger partial charge in [-0.1, -0.05) is 13.8 Å². The summed E-state index contributed by atoms with van der Waals surface area (Å²) in [5.74, 6) is 1.27. The molecule has 24 heavy (non-hydrogen) atoms. The molecule has 0 fully saturated rings. The second kappa shape index (κ2) is 6.61. The number of aromatic nitrogens is 2. The van der Waals surface area contributed by atoms with Crippen molar-refractivity contribution in [3.8, 4) is 5.75 Å². The molecule has 0 aliphatic carbocycles. The van der Waals surface area contributed by atoms with Crippen molar-refractivity contribution in [2.24, 2.45) is 18.7 Å². The Kier molecular flexibility index (Phi) is 4.53. The Morgan fingerprint density at radius 2 is 2.00 bits per heavy atom. The lowest BCUT2D eigenvalue weighted by molar-refractivity contribution is 0.271. The van der Waals surface area contributed by atoms with E-state index in [4.69, 9.17) is 10.5 Å². The number of fused-ring (bicyclic) bond motifs is 3. The SMILES string of the molecule is CC(C)C[C@H](N)COc1ccc2c3ccncc3c(=O)n(C)c2c1. The van der Waals surface area contributed by atoms with Gasteiger partial charge < -0.3 is 15.0 Å². The normalized spacial score (nSPS) is 12.9. The zero-order valence-corrected chi connectivity index (χ0v) is 14.3.